The largest absolute Gasteiger partial charge is 0.508 e. The number of carbonyl (C=O) groups is 3. The Hall–Kier alpha value is -4.13. The smallest absolute Gasteiger partial charge is 0.255 e. The Morgan fingerprint density at radius 1 is 1.13 bits per heavy atom. The van der Waals surface area contributed by atoms with Crippen LogP contribution in [-0.4, -0.2) is 79.7 Å². The first-order valence-corrected chi connectivity index (χ1v) is 11.7. The first-order valence-electron chi connectivity index (χ1n) is 11.7. The maximum absolute atomic E-state index is 14.0. The zero-order valence-electron chi connectivity index (χ0n) is 20.6. The topological polar surface area (TPSA) is 200 Å². The summed E-state index contributed by atoms with van der Waals surface area (Å²) >= 11 is 0. The molecule has 0 aromatic heterocycles. The molecule has 1 heterocycles. The molecule has 3 aliphatic carbocycles. The number of ether oxygens (including phenoxy) is 2. The second-order valence-electron chi connectivity index (χ2n) is 9.98. The predicted molar refractivity (Wildman–Crippen MR) is 130 cm³/mol. The second kappa shape index (κ2) is 8.45. The summed E-state index contributed by atoms with van der Waals surface area (Å²) in [7, 11) is 2.89. The normalized spacial score (nSPS) is 32.3. The third-order valence-corrected chi connectivity index (χ3v) is 7.88. The molecule has 1 aromatic rings. The van der Waals surface area contributed by atoms with Gasteiger partial charge in [-0.3, -0.25) is 19.3 Å². The molecule has 0 unspecified atom stereocenters. The number of aromatic hydroxyl groups is 1. The summed E-state index contributed by atoms with van der Waals surface area (Å²) in [6.07, 6.45) is 2.18. The molecule has 6 atom stereocenters. The molecule has 7 N–H and O–H groups in total. The fourth-order valence-corrected chi connectivity index (χ4v) is 6.30. The van der Waals surface area contributed by atoms with Gasteiger partial charge in [-0.05, 0) is 37.7 Å². The number of phenolic OH excluding ortho intramolecular Hbond substituents is 1. The van der Waals surface area contributed by atoms with Gasteiger partial charge in [0, 0.05) is 17.1 Å². The van der Waals surface area contributed by atoms with Crippen LogP contribution in [0.25, 0.3) is 11.5 Å². The number of carbonyl (C=O) groups excluding carboxylic acids is 3. The summed E-state index contributed by atoms with van der Waals surface area (Å²) in [5, 5.41) is 56.4. The van der Waals surface area contributed by atoms with Crippen LogP contribution in [0.3, 0.4) is 0 Å². The van der Waals surface area contributed by atoms with Gasteiger partial charge < -0.3 is 40.7 Å². The van der Waals surface area contributed by atoms with Crippen molar-refractivity contribution in [2.45, 2.75) is 30.6 Å². The molecule has 1 aromatic carbocycles. The maximum Gasteiger partial charge on any atom is 0.255 e. The zero-order valence-corrected chi connectivity index (χ0v) is 20.6. The fraction of sp³-hybridized carbons (Fsp3) is 0.346. The summed E-state index contributed by atoms with van der Waals surface area (Å²) in [5.74, 6) is -9.38. The average molecular weight is 526 g/mol. The minimum absolute atomic E-state index is 0.141. The van der Waals surface area contributed by atoms with E-state index in [0.29, 0.717) is 11.1 Å². The molecular formula is C26H26N2O10. The van der Waals surface area contributed by atoms with Crippen molar-refractivity contribution in [2.24, 2.45) is 17.6 Å². The highest BCUT2D eigenvalue weighted by molar-refractivity contribution is 6.24. The number of primary amides is 1. The lowest BCUT2D eigenvalue weighted by molar-refractivity contribution is -0.169. The Labute approximate surface area is 216 Å². The number of rotatable bonds is 3. The minimum atomic E-state index is -2.97. The van der Waals surface area contributed by atoms with Gasteiger partial charge in [0.05, 0.1) is 23.6 Å². The lowest BCUT2D eigenvalue weighted by Crippen LogP contribution is -2.70. The molecule has 1 fully saturated rings. The number of aliphatic hydroxyl groups is 4. The fourth-order valence-electron chi connectivity index (χ4n) is 6.30. The van der Waals surface area contributed by atoms with E-state index in [1.165, 1.54) is 49.9 Å². The van der Waals surface area contributed by atoms with Gasteiger partial charge in [0.1, 0.15) is 41.6 Å². The molecule has 0 bridgehead atoms. The molecule has 0 spiro atoms. The quantitative estimate of drug-likeness (QED) is 0.296. The van der Waals surface area contributed by atoms with Gasteiger partial charge in [-0.25, -0.2) is 0 Å². The first-order chi connectivity index (χ1) is 17.8. The number of fused-ring (bicyclic) bond motifs is 3. The number of Topliss-reactive ketones (excluding diaryl/α,β-unsaturated/α-hetero) is 2. The highest BCUT2D eigenvalue weighted by Gasteiger charge is 2.68. The SMILES string of the molecule is C[C@@H]1c2c(C3=COC=CO3)ccc(O)c2C(O)=C2C(=O)[C@@]3(O)C(O)=C(C(N)=O)C(=O)[C@H](N(C)C)[C@H]3[C@H](O)[C@H]21. The number of hydrogen-bond donors (Lipinski definition) is 6. The van der Waals surface area contributed by atoms with E-state index in [0.717, 1.165) is 0 Å². The minimum Gasteiger partial charge on any atom is -0.508 e. The van der Waals surface area contributed by atoms with E-state index in [1.807, 2.05) is 0 Å². The van der Waals surface area contributed by atoms with E-state index in [4.69, 9.17) is 15.2 Å². The van der Waals surface area contributed by atoms with Crippen LogP contribution in [0.4, 0.5) is 0 Å². The van der Waals surface area contributed by atoms with E-state index in [2.05, 4.69) is 0 Å². The number of likely N-dealkylation sites (N-methyl/N-ethyl adjacent to an activating group) is 1. The summed E-state index contributed by atoms with van der Waals surface area (Å²) in [6.45, 7) is 1.64. The monoisotopic (exact) mass is 526 g/mol. The Balaban J connectivity index is 1.81. The van der Waals surface area contributed by atoms with Crippen molar-refractivity contribution in [1.82, 2.24) is 4.90 Å². The Morgan fingerprint density at radius 3 is 2.39 bits per heavy atom. The van der Waals surface area contributed by atoms with Gasteiger partial charge >= 0.3 is 0 Å². The number of benzene rings is 1. The molecule has 5 rings (SSSR count). The number of aliphatic hydroxyl groups excluding tert-OH is 3. The van der Waals surface area contributed by atoms with Crippen molar-refractivity contribution in [3.8, 4) is 5.75 Å². The van der Waals surface area contributed by atoms with Gasteiger partial charge in [0.15, 0.2) is 17.1 Å². The van der Waals surface area contributed by atoms with Gasteiger partial charge in [-0.1, -0.05) is 6.92 Å². The molecule has 200 valence electrons. The van der Waals surface area contributed by atoms with E-state index in [-0.39, 0.29) is 11.3 Å². The second-order valence-corrected chi connectivity index (χ2v) is 9.98. The van der Waals surface area contributed by atoms with E-state index in [1.54, 1.807) is 6.92 Å². The van der Waals surface area contributed by atoms with Gasteiger partial charge in [-0.2, -0.15) is 0 Å². The van der Waals surface area contributed by atoms with Crippen LogP contribution in [0.1, 0.15) is 29.5 Å². The molecule has 38 heavy (non-hydrogen) atoms. The highest BCUT2D eigenvalue weighted by Crippen LogP contribution is 2.57. The summed E-state index contributed by atoms with van der Waals surface area (Å²) in [4.78, 5) is 40.6. The van der Waals surface area contributed by atoms with Crippen LogP contribution in [0.5, 0.6) is 5.75 Å². The van der Waals surface area contributed by atoms with Crippen molar-refractivity contribution >= 4 is 29.0 Å². The van der Waals surface area contributed by atoms with Crippen LogP contribution < -0.4 is 5.73 Å². The first kappa shape index (κ1) is 25.5. The number of ketones is 2. The molecule has 12 heteroatoms. The maximum atomic E-state index is 14.0. The molecule has 4 aliphatic rings. The molecule has 1 aliphatic heterocycles. The number of amides is 1. The average Bonchev–Trinajstić information content (AvgIpc) is 2.86. The predicted octanol–water partition coefficient (Wildman–Crippen LogP) is 0.312. The molecule has 0 saturated heterocycles. The van der Waals surface area contributed by atoms with Crippen molar-refractivity contribution in [3.63, 3.8) is 0 Å². The number of nitrogens with two attached hydrogens (primary N) is 1. The molecule has 1 saturated carbocycles. The lowest BCUT2D eigenvalue weighted by atomic mass is 9.54. The third-order valence-electron chi connectivity index (χ3n) is 7.88. The molecule has 12 nitrogen and oxygen atoms in total. The lowest BCUT2D eigenvalue weighted by Gasteiger charge is -2.53. The van der Waals surface area contributed by atoms with Crippen molar-refractivity contribution in [1.29, 1.82) is 0 Å². The molecule has 0 radical (unpaired) electrons. The van der Waals surface area contributed by atoms with Crippen LogP contribution in [-0.2, 0) is 23.9 Å². The third kappa shape index (κ3) is 3.11. The highest BCUT2D eigenvalue weighted by atomic mass is 16.5. The van der Waals surface area contributed by atoms with E-state index >= 15 is 0 Å². The van der Waals surface area contributed by atoms with Crippen LogP contribution in [0.2, 0.25) is 0 Å². The standard InChI is InChI=1S/C26H26N2O10/c1-9-13-10(12-8-37-6-7-38-12)4-5-11(29)15(13)20(30)16-14(9)21(31)18-19(28(2)3)22(32)17(25(27)35)24(34)26(18,36)23(16)33/h4-9,14,18-19,21,29-31,34,36H,1-3H3,(H2,27,35)/t9-,14+,18+,19-,21-,26-/m1/s1. The van der Waals surface area contributed by atoms with Gasteiger partial charge in [0.2, 0.25) is 5.78 Å². The van der Waals surface area contributed by atoms with Gasteiger partial charge in [0.25, 0.3) is 5.91 Å². The summed E-state index contributed by atoms with van der Waals surface area (Å²) < 4.78 is 10.7. The van der Waals surface area contributed by atoms with Crippen LogP contribution >= 0.6 is 0 Å². The van der Waals surface area contributed by atoms with Gasteiger partial charge in [-0.15, -0.1) is 0 Å². The summed E-state index contributed by atoms with van der Waals surface area (Å²) in [6, 6.07) is 1.36. The number of hydrogen-bond acceptors (Lipinski definition) is 11. The van der Waals surface area contributed by atoms with Crippen LogP contribution in [0, 0.1) is 11.8 Å². The number of phenols is 1. The zero-order chi connectivity index (χ0) is 27.8. The Kier molecular flexibility index (Phi) is 5.67. The Morgan fingerprint density at radius 2 is 1.82 bits per heavy atom. The van der Waals surface area contributed by atoms with E-state index < -0.39 is 81.4 Å². The summed E-state index contributed by atoms with van der Waals surface area (Å²) in [5.41, 5.74) is 1.48. The van der Waals surface area contributed by atoms with Crippen molar-refractivity contribution in [2.75, 3.05) is 14.1 Å². The molecule has 1 amide bonds. The van der Waals surface area contributed by atoms with Crippen molar-refractivity contribution < 1.29 is 49.4 Å². The number of nitrogens with zero attached hydrogens (tertiary/aromatic N) is 1. The van der Waals surface area contributed by atoms with Crippen molar-refractivity contribution in [3.05, 3.63) is 64.5 Å². The molecular weight excluding hydrogens is 500 g/mol. The van der Waals surface area contributed by atoms with Crippen LogP contribution in [0.15, 0.2) is 47.8 Å². The van der Waals surface area contributed by atoms with E-state index in [9.17, 15) is 39.9 Å². The Bertz CT molecular complexity index is 1420.